The molecule has 0 aliphatic rings. The molecule has 0 aromatic carbocycles. The van der Waals surface area contributed by atoms with Crippen LogP contribution in [0.3, 0.4) is 0 Å². The maximum atomic E-state index is 4.16. The molecular formula is C11H14N2. The number of hydrogen-bond donors (Lipinski definition) is 1. The second-order valence-corrected chi connectivity index (χ2v) is 2.79. The molecule has 0 aliphatic carbocycles. The van der Waals surface area contributed by atoms with Gasteiger partial charge in [-0.3, -0.25) is 5.10 Å². The SMILES string of the molecule is C=C/C=C(\C=C/C)c1cc(C)[nH]n1. The summed E-state index contributed by atoms with van der Waals surface area (Å²) in [6, 6.07) is 2.01. The van der Waals surface area contributed by atoms with Gasteiger partial charge in [0.25, 0.3) is 0 Å². The van der Waals surface area contributed by atoms with Crippen molar-refractivity contribution in [2.75, 3.05) is 0 Å². The summed E-state index contributed by atoms with van der Waals surface area (Å²) in [5.74, 6) is 0. The molecule has 2 heteroatoms. The lowest BCUT2D eigenvalue weighted by Crippen LogP contribution is -1.79. The minimum atomic E-state index is 0.954. The lowest BCUT2D eigenvalue weighted by Gasteiger charge is -1.93. The number of nitrogens with one attached hydrogen (secondary N) is 1. The van der Waals surface area contributed by atoms with Gasteiger partial charge in [0.15, 0.2) is 0 Å². The van der Waals surface area contributed by atoms with Crippen molar-refractivity contribution in [2.45, 2.75) is 13.8 Å². The zero-order chi connectivity index (χ0) is 9.68. The summed E-state index contributed by atoms with van der Waals surface area (Å²) in [5.41, 5.74) is 3.09. The summed E-state index contributed by atoms with van der Waals surface area (Å²) in [4.78, 5) is 0. The lowest BCUT2D eigenvalue weighted by molar-refractivity contribution is 1.04. The zero-order valence-electron chi connectivity index (χ0n) is 8.04. The van der Waals surface area contributed by atoms with E-state index in [2.05, 4.69) is 16.8 Å². The molecule has 0 fully saturated rings. The van der Waals surface area contributed by atoms with Gasteiger partial charge in [-0.25, -0.2) is 0 Å². The molecule has 0 unspecified atom stereocenters. The predicted octanol–water partition coefficient (Wildman–Crippen LogP) is 2.86. The number of nitrogens with zero attached hydrogens (tertiary/aromatic N) is 1. The van der Waals surface area contributed by atoms with Crippen molar-refractivity contribution in [1.82, 2.24) is 10.2 Å². The highest BCUT2D eigenvalue weighted by atomic mass is 15.1. The van der Waals surface area contributed by atoms with Gasteiger partial charge in [-0.15, -0.1) is 0 Å². The Bertz CT molecular complexity index is 343. The van der Waals surface area contributed by atoms with Crippen LogP contribution in [0.25, 0.3) is 5.57 Å². The number of aryl methyl sites for hydroxylation is 1. The van der Waals surface area contributed by atoms with Crippen LogP contribution in [0.15, 0.2) is 36.9 Å². The summed E-state index contributed by atoms with van der Waals surface area (Å²) in [6.45, 7) is 7.63. The van der Waals surface area contributed by atoms with Crippen LogP contribution in [0.2, 0.25) is 0 Å². The molecular weight excluding hydrogens is 160 g/mol. The number of rotatable bonds is 3. The fourth-order valence-corrected chi connectivity index (χ4v) is 1.10. The smallest absolute Gasteiger partial charge is 0.0923 e. The number of aromatic nitrogens is 2. The van der Waals surface area contributed by atoms with Gasteiger partial charge in [-0.05, 0) is 19.9 Å². The van der Waals surface area contributed by atoms with Crippen LogP contribution in [0.1, 0.15) is 18.3 Å². The van der Waals surface area contributed by atoms with Crippen LogP contribution in [0.5, 0.6) is 0 Å². The first-order chi connectivity index (χ1) is 6.27. The van der Waals surface area contributed by atoms with Crippen molar-refractivity contribution in [3.8, 4) is 0 Å². The molecule has 0 aliphatic heterocycles. The van der Waals surface area contributed by atoms with Gasteiger partial charge >= 0.3 is 0 Å². The van der Waals surface area contributed by atoms with Gasteiger partial charge in [-0.2, -0.15) is 5.10 Å². The van der Waals surface area contributed by atoms with Gasteiger partial charge in [0.1, 0.15) is 0 Å². The number of aromatic amines is 1. The Morgan fingerprint density at radius 1 is 1.62 bits per heavy atom. The Morgan fingerprint density at radius 3 is 2.85 bits per heavy atom. The van der Waals surface area contributed by atoms with E-state index < -0.39 is 0 Å². The minimum absolute atomic E-state index is 0.954. The van der Waals surface area contributed by atoms with E-state index in [1.165, 1.54) is 0 Å². The predicted molar refractivity (Wildman–Crippen MR) is 56.3 cm³/mol. The van der Waals surface area contributed by atoms with E-state index in [1.807, 2.05) is 38.1 Å². The molecule has 1 rings (SSSR count). The Morgan fingerprint density at radius 2 is 2.38 bits per heavy atom. The molecule has 0 amide bonds. The number of allylic oxidation sites excluding steroid dienone is 5. The Kier molecular flexibility index (Phi) is 3.26. The van der Waals surface area contributed by atoms with Crippen LogP contribution >= 0.6 is 0 Å². The van der Waals surface area contributed by atoms with Gasteiger partial charge in [0.05, 0.1) is 5.69 Å². The van der Waals surface area contributed by atoms with Crippen molar-refractivity contribution in [3.63, 3.8) is 0 Å². The summed E-state index contributed by atoms with van der Waals surface area (Å²) < 4.78 is 0. The highest BCUT2D eigenvalue weighted by Crippen LogP contribution is 2.13. The molecule has 0 radical (unpaired) electrons. The van der Waals surface area contributed by atoms with Crippen LogP contribution in [-0.4, -0.2) is 10.2 Å². The van der Waals surface area contributed by atoms with E-state index in [1.54, 1.807) is 6.08 Å². The molecule has 1 heterocycles. The van der Waals surface area contributed by atoms with E-state index in [9.17, 15) is 0 Å². The molecule has 0 spiro atoms. The van der Waals surface area contributed by atoms with Crippen molar-refractivity contribution in [1.29, 1.82) is 0 Å². The highest BCUT2D eigenvalue weighted by Gasteiger charge is 1.99. The second kappa shape index (κ2) is 4.45. The molecule has 0 atom stereocenters. The Labute approximate surface area is 78.7 Å². The van der Waals surface area contributed by atoms with E-state index in [0.29, 0.717) is 0 Å². The standard InChI is InChI=1S/C11H14N2/c1-4-6-10(7-5-2)11-8-9(3)12-13-11/h4-8H,1H2,2-3H3,(H,12,13)/b7-5-,10-6+. The van der Waals surface area contributed by atoms with Crippen molar-refractivity contribution in [3.05, 3.63) is 48.3 Å². The maximum absolute atomic E-state index is 4.16. The quantitative estimate of drug-likeness (QED) is 0.701. The third kappa shape index (κ3) is 2.44. The molecule has 68 valence electrons. The molecule has 0 saturated carbocycles. The fraction of sp³-hybridized carbons (Fsp3) is 0.182. The summed E-state index contributed by atoms with van der Waals surface area (Å²) >= 11 is 0. The van der Waals surface area contributed by atoms with Gasteiger partial charge in [-0.1, -0.05) is 30.9 Å². The van der Waals surface area contributed by atoms with Crippen molar-refractivity contribution in [2.24, 2.45) is 0 Å². The Hall–Kier alpha value is -1.57. The molecule has 1 aromatic rings. The molecule has 1 aromatic heterocycles. The topological polar surface area (TPSA) is 28.7 Å². The van der Waals surface area contributed by atoms with Crippen molar-refractivity contribution < 1.29 is 0 Å². The van der Waals surface area contributed by atoms with Gasteiger partial charge in [0.2, 0.25) is 0 Å². The first-order valence-corrected chi connectivity index (χ1v) is 4.25. The molecule has 1 N–H and O–H groups in total. The summed E-state index contributed by atoms with van der Waals surface area (Å²) in [7, 11) is 0. The van der Waals surface area contributed by atoms with E-state index in [4.69, 9.17) is 0 Å². The molecule has 0 bridgehead atoms. The molecule has 2 nitrogen and oxygen atoms in total. The van der Waals surface area contributed by atoms with Crippen LogP contribution in [0.4, 0.5) is 0 Å². The third-order valence-electron chi connectivity index (χ3n) is 1.65. The average molecular weight is 174 g/mol. The van der Waals surface area contributed by atoms with Crippen LogP contribution < -0.4 is 0 Å². The summed E-state index contributed by atoms with van der Waals surface area (Å²) in [5, 5.41) is 7.07. The number of H-pyrrole nitrogens is 1. The fourth-order valence-electron chi connectivity index (χ4n) is 1.10. The molecule has 13 heavy (non-hydrogen) atoms. The normalized spacial score (nSPS) is 12.3. The monoisotopic (exact) mass is 174 g/mol. The zero-order valence-corrected chi connectivity index (χ0v) is 8.04. The summed E-state index contributed by atoms with van der Waals surface area (Å²) in [6.07, 6.45) is 7.70. The van der Waals surface area contributed by atoms with E-state index >= 15 is 0 Å². The van der Waals surface area contributed by atoms with Gasteiger partial charge < -0.3 is 0 Å². The molecule has 0 saturated heterocycles. The van der Waals surface area contributed by atoms with E-state index in [0.717, 1.165) is 17.0 Å². The number of hydrogen-bond acceptors (Lipinski definition) is 1. The minimum Gasteiger partial charge on any atom is -0.282 e. The Balaban J connectivity index is 3.01. The van der Waals surface area contributed by atoms with Crippen molar-refractivity contribution >= 4 is 5.57 Å². The maximum Gasteiger partial charge on any atom is 0.0923 e. The van der Waals surface area contributed by atoms with Crippen LogP contribution in [-0.2, 0) is 0 Å². The largest absolute Gasteiger partial charge is 0.282 e. The van der Waals surface area contributed by atoms with Crippen LogP contribution in [0, 0.1) is 6.92 Å². The van der Waals surface area contributed by atoms with E-state index in [-0.39, 0.29) is 0 Å². The van der Waals surface area contributed by atoms with Gasteiger partial charge in [0, 0.05) is 11.3 Å². The third-order valence-corrected chi connectivity index (χ3v) is 1.65. The second-order valence-electron chi connectivity index (χ2n) is 2.79. The lowest BCUT2D eigenvalue weighted by atomic mass is 10.1. The first-order valence-electron chi connectivity index (χ1n) is 4.25. The highest BCUT2D eigenvalue weighted by molar-refractivity contribution is 5.72. The average Bonchev–Trinajstić information content (AvgIpc) is 2.51. The first kappa shape index (κ1) is 9.52.